The fourth-order valence-electron chi connectivity index (χ4n) is 2.23. The number of hydrogen-bond donors (Lipinski definition) is 2. The number of hydrogen-bond acceptors (Lipinski definition) is 3. The number of nitrogens with zero attached hydrogens (tertiary/aromatic N) is 1. The summed E-state index contributed by atoms with van der Waals surface area (Å²) < 4.78 is 0. The minimum atomic E-state index is -0.241. The summed E-state index contributed by atoms with van der Waals surface area (Å²) in [6.45, 7) is 5.55. The topological polar surface area (TPSA) is 49.5 Å². The highest BCUT2D eigenvalue weighted by Gasteiger charge is 2.27. The summed E-state index contributed by atoms with van der Waals surface area (Å²) in [7, 11) is 0. The standard InChI is InChI=1S/C10H22N2O/c1-8-4-3-5-10(6-11)12(8)7-9(2)13/h8-10,13H,3-7,11H2,1-2H3/t8?,9-,10?/m1/s1. The molecular weight excluding hydrogens is 164 g/mol. The zero-order valence-electron chi connectivity index (χ0n) is 8.74. The molecule has 1 aliphatic heterocycles. The van der Waals surface area contributed by atoms with E-state index < -0.39 is 0 Å². The lowest BCUT2D eigenvalue weighted by Crippen LogP contribution is -2.51. The van der Waals surface area contributed by atoms with E-state index in [-0.39, 0.29) is 6.10 Å². The van der Waals surface area contributed by atoms with E-state index in [0.29, 0.717) is 12.1 Å². The monoisotopic (exact) mass is 186 g/mol. The summed E-state index contributed by atoms with van der Waals surface area (Å²) in [4.78, 5) is 2.36. The summed E-state index contributed by atoms with van der Waals surface area (Å²) in [5, 5.41) is 9.35. The van der Waals surface area contributed by atoms with Gasteiger partial charge < -0.3 is 10.8 Å². The first-order valence-electron chi connectivity index (χ1n) is 5.29. The number of rotatable bonds is 3. The molecule has 0 aromatic rings. The molecule has 0 aliphatic carbocycles. The van der Waals surface area contributed by atoms with Crippen molar-refractivity contribution in [3.05, 3.63) is 0 Å². The van der Waals surface area contributed by atoms with Crippen LogP contribution < -0.4 is 5.73 Å². The van der Waals surface area contributed by atoms with E-state index >= 15 is 0 Å². The Hall–Kier alpha value is -0.120. The Labute approximate surface area is 80.9 Å². The van der Waals surface area contributed by atoms with Crippen molar-refractivity contribution in [3.8, 4) is 0 Å². The van der Waals surface area contributed by atoms with E-state index in [1.165, 1.54) is 19.3 Å². The van der Waals surface area contributed by atoms with Crippen LogP contribution >= 0.6 is 0 Å². The smallest absolute Gasteiger partial charge is 0.0639 e. The third kappa shape index (κ3) is 2.93. The maximum atomic E-state index is 9.35. The van der Waals surface area contributed by atoms with Crippen LogP contribution in [-0.2, 0) is 0 Å². The second-order valence-electron chi connectivity index (χ2n) is 4.22. The van der Waals surface area contributed by atoms with Crippen LogP contribution in [0.4, 0.5) is 0 Å². The highest BCUT2D eigenvalue weighted by atomic mass is 16.3. The molecule has 1 heterocycles. The van der Waals surface area contributed by atoms with Gasteiger partial charge in [-0.15, -0.1) is 0 Å². The van der Waals surface area contributed by atoms with Crippen LogP contribution in [0, 0.1) is 0 Å². The zero-order chi connectivity index (χ0) is 9.84. The van der Waals surface area contributed by atoms with Gasteiger partial charge in [-0.2, -0.15) is 0 Å². The number of aliphatic hydroxyl groups is 1. The molecule has 0 radical (unpaired) electrons. The van der Waals surface area contributed by atoms with Crippen molar-refractivity contribution in [2.45, 2.75) is 51.3 Å². The van der Waals surface area contributed by atoms with Gasteiger partial charge in [-0.1, -0.05) is 6.42 Å². The van der Waals surface area contributed by atoms with E-state index in [1.807, 2.05) is 6.92 Å². The van der Waals surface area contributed by atoms with Gasteiger partial charge in [-0.05, 0) is 26.7 Å². The van der Waals surface area contributed by atoms with Gasteiger partial charge in [0, 0.05) is 25.2 Å². The number of β-amino-alcohol motifs (C(OH)–C–C–N with tert-alkyl or cyclic N) is 1. The molecule has 0 aromatic carbocycles. The first-order chi connectivity index (χ1) is 6.15. The van der Waals surface area contributed by atoms with E-state index in [9.17, 15) is 5.11 Å². The highest BCUT2D eigenvalue weighted by molar-refractivity contribution is 4.83. The molecule has 3 heteroatoms. The van der Waals surface area contributed by atoms with Crippen molar-refractivity contribution >= 4 is 0 Å². The lowest BCUT2D eigenvalue weighted by atomic mass is 9.96. The molecule has 2 unspecified atom stereocenters. The van der Waals surface area contributed by atoms with Crippen LogP contribution in [-0.4, -0.2) is 41.3 Å². The van der Waals surface area contributed by atoms with Gasteiger partial charge in [0.2, 0.25) is 0 Å². The Morgan fingerprint density at radius 1 is 1.54 bits per heavy atom. The van der Waals surface area contributed by atoms with Gasteiger partial charge in [0.25, 0.3) is 0 Å². The van der Waals surface area contributed by atoms with Gasteiger partial charge in [0.15, 0.2) is 0 Å². The van der Waals surface area contributed by atoms with Crippen molar-refractivity contribution in [2.75, 3.05) is 13.1 Å². The Morgan fingerprint density at radius 2 is 2.23 bits per heavy atom. The average Bonchev–Trinajstić information content (AvgIpc) is 2.08. The van der Waals surface area contributed by atoms with E-state index in [4.69, 9.17) is 5.73 Å². The third-order valence-electron chi connectivity index (χ3n) is 2.94. The van der Waals surface area contributed by atoms with Crippen LogP contribution in [0.2, 0.25) is 0 Å². The van der Waals surface area contributed by atoms with Crippen molar-refractivity contribution in [1.82, 2.24) is 4.90 Å². The molecule has 3 atom stereocenters. The largest absolute Gasteiger partial charge is 0.392 e. The van der Waals surface area contributed by atoms with Gasteiger partial charge >= 0.3 is 0 Å². The molecular formula is C10H22N2O. The van der Waals surface area contributed by atoms with Crippen molar-refractivity contribution in [3.63, 3.8) is 0 Å². The van der Waals surface area contributed by atoms with E-state index in [0.717, 1.165) is 13.1 Å². The lowest BCUT2D eigenvalue weighted by Gasteiger charge is -2.40. The molecule has 0 aromatic heterocycles. The Kier molecular flexibility index (Phi) is 4.16. The molecule has 0 spiro atoms. The van der Waals surface area contributed by atoms with Crippen LogP contribution in [0.1, 0.15) is 33.1 Å². The minimum Gasteiger partial charge on any atom is -0.392 e. The molecule has 13 heavy (non-hydrogen) atoms. The number of aliphatic hydroxyl groups excluding tert-OH is 1. The normalized spacial score (nSPS) is 33.2. The quantitative estimate of drug-likeness (QED) is 0.677. The van der Waals surface area contributed by atoms with Gasteiger partial charge in [0.05, 0.1) is 6.10 Å². The van der Waals surface area contributed by atoms with E-state index in [2.05, 4.69) is 11.8 Å². The number of nitrogens with two attached hydrogens (primary N) is 1. The fourth-order valence-corrected chi connectivity index (χ4v) is 2.23. The van der Waals surface area contributed by atoms with Crippen LogP contribution in [0.15, 0.2) is 0 Å². The Balaban J connectivity index is 2.51. The SMILES string of the molecule is CC1CCCC(CN)N1C[C@@H](C)O. The van der Waals surface area contributed by atoms with Crippen molar-refractivity contribution < 1.29 is 5.11 Å². The maximum Gasteiger partial charge on any atom is 0.0639 e. The Bertz CT molecular complexity index is 150. The molecule has 1 aliphatic rings. The molecule has 1 rings (SSSR count). The van der Waals surface area contributed by atoms with Gasteiger partial charge in [-0.25, -0.2) is 0 Å². The summed E-state index contributed by atoms with van der Waals surface area (Å²) in [5.74, 6) is 0. The molecule has 3 N–H and O–H groups in total. The summed E-state index contributed by atoms with van der Waals surface area (Å²) in [5.41, 5.74) is 5.71. The van der Waals surface area contributed by atoms with Crippen LogP contribution in [0.5, 0.6) is 0 Å². The van der Waals surface area contributed by atoms with Crippen molar-refractivity contribution in [2.24, 2.45) is 5.73 Å². The molecule has 78 valence electrons. The van der Waals surface area contributed by atoms with Gasteiger partial charge in [0.1, 0.15) is 0 Å². The first kappa shape index (κ1) is 11.0. The number of piperidine rings is 1. The van der Waals surface area contributed by atoms with Crippen LogP contribution in [0.3, 0.4) is 0 Å². The summed E-state index contributed by atoms with van der Waals surface area (Å²) in [6, 6.07) is 1.07. The lowest BCUT2D eigenvalue weighted by molar-refractivity contribution is 0.0452. The summed E-state index contributed by atoms with van der Waals surface area (Å²) in [6.07, 6.45) is 3.46. The molecule has 0 amide bonds. The molecule has 3 nitrogen and oxygen atoms in total. The molecule has 0 bridgehead atoms. The second kappa shape index (κ2) is 4.94. The predicted octanol–water partition coefficient (Wildman–Crippen LogP) is 0.569. The fraction of sp³-hybridized carbons (Fsp3) is 1.00. The van der Waals surface area contributed by atoms with E-state index in [1.54, 1.807) is 0 Å². The third-order valence-corrected chi connectivity index (χ3v) is 2.94. The zero-order valence-corrected chi connectivity index (χ0v) is 8.74. The molecule has 1 fully saturated rings. The average molecular weight is 186 g/mol. The second-order valence-corrected chi connectivity index (χ2v) is 4.22. The molecule has 0 saturated carbocycles. The van der Waals surface area contributed by atoms with Crippen molar-refractivity contribution in [1.29, 1.82) is 0 Å². The number of likely N-dealkylation sites (tertiary alicyclic amines) is 1. The first-order valence-corrected chi connectivity index (χ1v) is 5.29. The maximum absolute atomic E-state index is 9.35. The summed E-state index contributed by atoms with van der Waals surface area (Å²) >= 11 is 0. The Morgan fingerprint density at radius 3 is 2.77 bits per heavy atom. The van der Waals surface area contributed by atoms with Gasteiger partial charge in [-0.3, -0.25) is 4.90 Å². The predicted molar refractivity (Wildman–Crippen MR) is 54.5 cm³/mol. The highest BCUT2D eigenvalue weighted by Crippen LogP contribution is 2.22. The minimum absolute atomic E-state index is 0.241. The van der Waals surface area contributed by atoms with Crippen LogP contribution in [0.25, 0.3) is 0 Å². The molecule has 1 saturated heterocycles.